The van der Waals surface area contributed by atoms with Gasteiger partial charge in [0.05, 0.1) is 19.3 Å². The fourth-order valence-electron chi connectivity index (χ4n) is 3.09. The summed E-state index contributed by atoms with van der Waals surface area (Å²) < 4.78 is 10.2. The Morgan fingerprint density at radius 1 is 1.43 bits per heavy atom. The molecule has 3 rings (SSSR count). The molecule has 0 unspecified atom stereocenters. The molecule has 0 spiro atoms. The minimum absolute atomic E-state index is 0.0383. The van der Waals surface area contributed by atoms with Gasteiger partial charge in [-0.2, -0.15) is 5.26 Å². The SMILES string of the molecule is COC(=O)c1c(C#N)cc(N[C@@H]2CCOC[C@@H]2N)nc1Nc1cccc(C)c1. The van der Waals surface area contributed by atoms with Crippen molar-refractivity contribution in [2.24, 2.45) is 5.73 Å². The highest BCUT2D eigenvalue weighted by atomic mass is 16.5. The van der Waals surface area contributed by atoms with Gasteiger partial charge in [0.1, 0.15) is 23.3 Å². The Morgan fingerprint density at radius 3 is 2.93 bits per heavy atom. The highest BCUT2D eigenvalue weighted by Gasteiger charge is 2.25. The second-order valence-electron chi connectivity index (χ2n) is 6.65. The third kappa shape index (κ3) is 4.39. The van der Waals surface area contributed by atoms with E-state index in [0.29, 0.717) is 19.0 Å². The summed E-state index contributed by atoms with van der Waals surface area (Å²) in [5.41, 5.74) is 8.16. The van der Waals surface area contributed by atoms with Crippen molar-refractivity contribution in [1.82, 2.24) is 4.98 Å². The van der Waals surface area contributed by atoms with Crippen molar-refractivity contribution >= 4 is 23.3 Å². The number of anilines is 3. The molecule has 2 heterocycles. The molecular formula is C20H23N5O3. The number of rotatable bonds is 5. The molecule has 28 heavy (non-hydrogen) atoms. The van der Waals surface area contributed by atoms with E-state index in [1.807, 2.05) is 31.2 Å². The topological polar surface area (TPSA) is 122 Å². The maximum absolute atomic E-state index is 12.3. The molecule has 1 aliphatic heterocycles. The van der Waals surface area contributed by atoms with E-state index in [1.54, 1.807) is 0 Å². The number of carbonyl (C=O) groups excluding carboxylic acids is 1. The summed E-state index contributed by atoms with van der Waals surface area (Å²) >= 11 is 0. The number of methoxy groups -OCH3 is 1. The summed E-state index contributed by atoms with van der Waals surface area (Å²) in [4.78, 5) is 16.8. The molecule has 2 aromatic rings. The Morgan fingerprint density at radius 2 is 2.25 bits per heavy atom. The average Bonchev–Trinajstić information content (AvgIpc) is 2.69. The standard InChI is InChI=1S/C20H23N5O3/c1-12-4-3-5-14(8-12)23-19-18(20(26)27-2)13(10-21)9-17(25-19)24-16-6-7-28-11-15(16)22/h3-5,8-9,15-16H,6-7,11,22H2,1-2H3,(H2,23,24,25)/t15-,16+/m0/s1. The van der Waals surface area contributed by atoms with Gasteiger partial charge < -0.3 is 25.8 Å². The lowest BCUT2D eigenvalue weighted by atomic mass is 10.0. The Hall–Kier alpha value is -3.15. The molecular weight excluding hydrogens is 358 g/mol. The smallest absolute Gasteiger partial charge is 0.343 e. The van der Waals surface area contributed by atoms with Crippen molar-refractivity contribution < 1.29 is 14.3 Å². The molecule has 8 nitrogen and oxygen atoms in total. The number of nitrogens with two attached hydrogens (primary N) is 1. The van der Waals surface area contributed by atoms with E-state index in [9.17, 15) is 10.1 Å². The van der Waals surface area contributed by atoms with Crippen LogP contribution >= 0.6 is 0 Å². The third-order valence-electron chi connectivity index (χ3n) is 4.54. The number of ether oxygens (including phenoxy) is 2. The first-order valence-electron chi connectivity index (χ1n) is 8.99. The zero-order chi connectivity index (χ0) is 20.1. The number of carbonyl (C=O) groups is 1. The molecule has 1 aromatic heterocycles. The second kappa shape index (κ2) is 8.69. The normalized spacial score (nSPS) is 18.8. The van der Waals surface area contributed by atoms with Crippen LogP contribution in [-0.4, -0.2) is 43.4 Å². The van der Waals surface area contributed by atoms with Crippen LogP contribution in [0.5, 0.6) is 0 Å². The maximum atomic E-state index is 12.3. The van der Waals surface area contributed by atoms with E-state index in [2.05, 4.69) is 21.7 Å². The average molecular weight is 381 g/mol. The van der Waals surface area contributed by atoms with Crippen LogP contribution in [0.1, 0.15) is 27.9 Å². The zero-order valence-electron chi connectivity index (χ0n) is 15.9. The molecule has 0 aliphatic carbocycles. The van der Waals surface area contributed by atoms with Crippen molar-refractivity contribution in [1.29, 1.82) is 5.26 Å². The summed E-state index contributed by atoms with van der Waals surface area (Å²) in [7, 11) is 1.27. The largest absolute Gasteiger partial charge is 0.465 e. The van der Waals surface area contributed by atoms with Crippen LogP contribution in [0.4, 0.5) is 17.3 Å². The number of nitriles is 1. The summed E-state index contributed by atoms with van der Waals surface area (Å²) in [5, 5.41) is 16.0. The van der Waals surface area contributed by atoms with Gasteiger partial charge in [0, 0.05) is 24.4 Å². The molecule has 146 valence electrons. The molecule has 1 aliphatic rings. The minimum Gasteiger partial charge on any atom is -0.465 e. The Bertz CT molecular complexity index is 909. The molecule has 8 heteroatoms. The van der Waals surface area contributed by atoms with Gasteiger partial charge in [-0.25, -0.2) is 9.78 Å². The first kappa shape index (κ1) is 19.6. The van der Waals surface area contributed by atoms with Gasteiger partial charge in [0.25, 0.3) is 0 Å². The number of pyridine rings is 1. The van der Waals surface area contributed by atoms with Gasteiger partial charge in [-0.1, -0.05) is 12.1 Å². The maximum Gasteiger partial charge on any atom is 0.343 e. The molecule has 1 saturated heterocycles. The third-order valence-corrected chi connectivity index (χ3v) is 4.54. The number of aromatic nitrogens is 1. The van der Waals surface area contributed by atoms with Crippen molar-refractivity contribution in [3.63, 3.8) is 0 Å². The summed E-state index contributed by atoms with van der Waals surface area (Å²) in [6, 6.07) is 11.0. The first-order valence-corrected chi connectivity index (χ1v) is 8.99. The van der Waals surface area contributed by atoms with E-state index in [4.69, 9.17) is 15.2 Å². The monoisotopic (exact) mass is 381 g/mol. The highest BCUT2D eigenvalue weighted by molar-refractivity contribution is 5.98. The van der Waals surface area contributed by atoms with Crippen molar-refractivity contribution in [3.8, 4) is 6.07 Å². The van der Waals surface area contributed by atoms with E-state index >= 15 is 0 Å². The van der Waals surface area contributed by atoms with Crippen LogP contribution in [0.3, 0.4) is 0 Å². The van der Waals surface area contributed by atoms with Gasteiger partial charge in [-0.05, 0) is 37.1 Å². The predicted octanol–water partition coefficient (Wildman–Crippen LogP) is 2.32. The second-order valence-corrected chi connectivity index (χ2v) is 6.65. The molecule has 1 fully saturated rings. The van der Waals surface area contributed by atoms with Gasteiger partial charge >= 0.3 is 5.97 Å². The molecule has 0 bridgehead atoms. The highest BCUT2D eigenvalue weighted by Crippen LogP contribution is 2.27. The number of aryl methyl sites for hydroxylation is 1. The Balaban J connectivity index is 2.00. The van der Waals surface area contributed by atoms with Crippen LogP contribution < -0.4 is 16.4 Å². The van der Waals surface area contributed by atoms with E-state index in [-0.39, 0.29) is 29.0 Å². The lowest BCUT2D eigenvalue weighted by Crippen LogP contribution is -2.47. The van der Waals surface area contributed by atoms with Crippen LogP contribution in [0, 0.1) is 18.3 Å². The van der Waals surface area contributed by atoms with E-state index in [1.165, 1.54) is 13.2 Å². The predicted molar refractivity (Wildman–Crippen MR) is 106 cm³/mol. The first-order chi connectivity index (χ1) is 13.5. The van der Waals surface area contributed by atoms with Gasteiger partial charge in [0.2, 0.25) is 0 Å². The van der Waals surface area contributed by atoms with Crippen molar-refractivity contribution in [2.75, 3.05) is 31.0 Å². The summed E-state index contributed by atoms with van der Waals surface area (Å²) in [6.07, 6.45) is 0.726. The number of nitrogens with one attached hydrogen (secondary N) is 2. The lowest BCUT2D eigenvalue weighted by Gasteiger charge is -2.30. The molecule has 0 radical (unpaired) electrons. The van der Waals surface area contributed by atoms with Crippen molar-refractivity contribution in [2.45, 2.75) is 25.4 Å². The molecule has 2 atom stereocenters. The molecule has 0 amide bonds. The van der Waals surface area contributed by atoms with Crippen LogP contribution in [0.15, 0.2) is 30.3 Å². The zero-order valence-corrected chi connectivity index (χ0v) is 15.9. The quantitative estimate of drug-likeness (QED) is 0.675. The van der Waals surface area contributed by atoms with Gasteiger partial charge in [-0.3, -0.25) is 0 Å². The van der Waals surface area contributed by atoms with Crippen LogP contribution in [-0.2, 0) is 9.47 Å². The minimum atomic E-state index is -0.631. The lowest BCUT2D eigenvalue weighted by molar-refractivity contribution is 0.0601. The van der Waals surface area contributed by atoms with Gasteiger partial charge in [-0.15, -0.1) is 0 Å². The van der Waals surface area contributed by atoms with Crippen molar-refractivity contribution in [3.05, 3.63) is 47.0 Å². The van der Waals surface area contributed by atoms with Crippen LogP contribution in [0.2, 0.25) is 0 Å². The summed E-state index contributed by atoms with van der Waals surface area (Å²) in [6.45, 7) is 3.02. The Labute approximate surface area is 163 Å². The van der Waals surface area contributed by atoms with E-state index < -0.39 is 5.97 Å². The Kier molecular flexibility index (Phi) is 6.09. The summed E-state index contributed by atoms with van der Waals surface area (Å²) in [5.74, 6) is 0.0786. The van der Waals surface area contributed by atoms with E-state index in [0.717, 1.165) is 17.7 Å². The molecule has 4 N–H and O–H groups in total. The molecule has 1 aromatic carbocycles. The van der Waals surface area contributed by atoms with Gasteiger partial charge in [0.15, 0.2) is 0 Å². The number of hydrogen-bond acceptors (Lipinski definition) is 8. The fraction of sp³-hybridized carbons (Fsp3) is 0.350. The number of benzene rings is 1. The fourth-order valence-corrected chi connectivity index (χ4v) is 3.09. The van der Waals surface area contributed by atoms with Crippen LogP contribution in [0.25, 0.3) is 0 Å². The number of nitrogens with zero attached hydrogens (tertiary/aromatic N) is 2. The molecule has 0 saturated carbocycles. The number of hydrogen-bond donors (Lipinski definition) is 3. The number of esters is 1.